The number of carbonyl (C=O) groups excluding carboxylic acids is 1. The van der Waals surface area contributed by atoms with E-state index >= 15 is 0 Å². The minimum absolute atomic E-state index is 0.0560. The van der Waals surface area contributed by atoms with Gasteiger partial charge in [0.15, 0.2) is 0 Å². The molecule has 2 rings (SSSR count). The Bertz CT molecular complexity index is 572. The lowest BCUT2D eigenvalue weighted by Gasteiger charge is -2.26. The lowest BCUT2D eigenvalue weighted by molar-refractivity contribution is -0.121. The lowest BCUT2D eigenvalue weighted by Crippen LogP contribution is -2.37. The number of rotatable bonds is 6. The third kappa shape index (κ3) is 4.60. The van der Waals surface area contributed by atoms with Gasteiger partial charge in [0, 0.05) is 6.54 Å². The number of likely N-dealkylation sites (tertiary alicyclic amines) is 1. The summed E-state index contributed by atoms with van der Waals surface area (Å²) in [5.74, 6) is 1.76. The molecule has 1 atom stereocenters. The average molecular weight is 332 g/mol. The van der Waals surface area contributed by atoms with Crippen LogP contribution in [0.5, 0.6) is 5.75 Å². The summed E-state index contributed by atoms with van der Waals surface area (Å²) in [6.07, 6.45) is 2.10. The molecule has 1 heterocycles. The number of ether oxygens (including phenoxy) is 1. The molecule has 0 spiro atoms. The van der Waals surface area contributed by atoms with Crippen molar-refractivity contribution >= 4 is 5.78 Å². The molecule has 24 heavy (non-hydrogen) atoms. The second kappa shape index (κ2) is 7.69. The highest BCUT2D eigenvalue weighted by molar-refractivity contribution is 5.81. The second-order valence-corrected chi connectivity index (χ2v) is 8.31. The highest BCUT2D eigenvalue weighted by Crippen LogP contribution is 2.34. The molecule has 1 aliphatic rings. The summed E-state index contributed by atoms with van der Waals surface area (Å²) in [6, 6.07) is 6.71. The summed E-state index contributed by atoms with van der Waals surface area (Å²) < 4.78 is 6.19. The summed E-state index contributed by atoms with van der Waals surface area (Å²) >= 11 is 0. The van der Waals surface area contributed by atoms with Gasteiger partial charge in [0.1, 0.15) is 18.1 Å². The first-order valence-electron chi connectivity index (χ1n) is 9.22. The first-order valence-corrected chi connectivity index (χ1v) is 9.22. The second-order valence-electron chi connectivity index (χ2n) is 8.31. The predicted octanol–water partition coefficient (Wildman–Crippen LogP) is 4.54. The summed E-state index contributed by atoms with van der Waals surface area (Å²) in [6.45, 7) is 15.2. The topological polar surface area (TPSA) is 29.5 Å². The van der Waals surface area contributed by atoms with Crippen molar-refractivity contribution in [1.29, 1.82) is 0 Å². The van der Waals surface area contributed by atoms with E-state index in [1.807, 2.05) is 0 Å². The fourth-order valence-corrected chi connectivity index (χ4v) is 3.46. The normalized spacial score (nSPS) is 19.0. The molecule has 0 N–H and O–H groups in total. The van der Waals surface area contributed by atoms with Crippen LogP contribution < -0.4 is 4.74 Å². The molecule has 0 aliphatic carbocycles. The van der Waals surface area contributed by atoms with Gasteiger partial charge in [-0.15, -0.1) is 0 Å². The third-order valence-electron chi connectivity index (χ3n) is 4.95. The monoisotopic (exact) mass is 331 g/mol. The van der Waals surface area contributed by atoms with Gasteiger partial charge >= 0.3 is 0 Å². The van der Waals surface area contributed by atoms with E-state index in [2.05, 4.69) is 57.7 Å². The van der Waals surface area contributed by atoms with Crippen LogP contribution in [0, 0.1) is 0 Å². The van der Waals surface area contributed by atoms with Crippen LogP contribution in [0.3, 0.4) is 0 Å². The van der Waals surface area contributed by atoms with Gasteiger partial charge in [0.05, 0.1) is 6.04 Å². The Morgan fingerprint density at radius 3 is 2.62 bits per heavy atom. The van der Waals surface area contributed by atoms with Gasteiger partial charge < -0.3 is 4.74 Å². The van der Waals surface area contributed by atoms with Gasteiger partial charge in [-0.1, -0.05) is 46.8 Å². The predicted molar refractivity (Wildman–Crippen MR) is 100 cm³/mol. The van der Waals surface area contributed by atoms with Crippen molar-refractivity contribution in [1.82, 2.24) is 4.90 Å². The van der Waals surface area contributed by atoms with E-state index in [1.54, 1.807) is 6.92 Å². The van der Waals surface area contributed by atoms with E-state index in [4.69, 9.17) is 4.74 Å². The first kappa shape index (κ1) is 19.0. The van der Waals surface area contributed by atoms with Crippen molar-refractivity contribution in [3.63, 3.8) is 0 Å². The summed E-state index contributed by atoms with van der Waals surface area (Å²) in [4.78, 5) is 14.0. The lowest BCUT2D eigenvalue weighted by atomic mass is 9.85. The molecule has 1 aliphatic heterocycles. The van der Waals surface area contributed by atoms with Crippen LogP contribution in [-0.4, -0.2) is 36.4 Å². The average Bonchev–Trinajstić information content (AvgIpc) is 2.94. The number of nitrogens with zero attached hydrogens (tertiary/aromatic N) is 1. The van der Waals surface area contributed by atoms with Crippen LogP contribution in [0.4, 0.5) is 0 Å². The Kier molecular flexibility index (Phi) is 6.08. The third-order valence-corrected chi connectivity index (χ3v) is 4.95. The van der Waals surface area contributed by atoms with Gasteiger partial charge in [-0.3, -0.25) is 9.69 Å². The fourth-order valence-electron chi connectivity index (χ4n) is 3.46. The molecule has 0 saturated carbocycles. The number of benzene rings is 1. The van der Waals surface area contributed by atoms with E-state index in [0.717, 1.165) is 31.7 Å². The minimum atomic E-state index is 0.0560. The highest BCUT2D eigenvalue weighted by Gasteiger charge is 2.28. The maximum absolute atomic E-state index is 11.7. The van der Waals surface area contributed by atoms with Crippen LogP contribution in [-0.2, 0) is 10.2 Å². The minimum Gasteiger partial charge on any atom is -0.492 e. The Balaban J connectivity index is 2.07. The van der Waals surface area contributed by atoms with Gasteiger partial charge in [0.2, 0.25) is 0 Å². The number of Topliss-reactive ketones (excluding diaryl/α,β-unsaturated/α-hetero) is 1. The van der Waals surface area contributed by atoms with Crippen molar-refractivity contribution in [2.24, 2.45) is 0 Å². The molecule has 134 valence electrons. The van der Waals surface area contributed by atoms with E-state index < -0.39 is 0 Å². The fraction of sp³-hybridized carbons (Fsp3) is 0.667. The van der Waals surface area contributed by atoms with Gasteiger partial charge in [-0.05, 0) is 54.8 Å². The smallest absolute Gasteiger partial charge is 0.146 e. The van der Waals surface area contributed by atoms with Crippen LogP contribution in [0.25, 0.3) is 0 Å². The largest absolute Gasteiger partial charge is 0.492 e. The van der Waals surface area contributed by atoms with Crippen molar-refractivity contribution in [2.45, 2.75) is 71.8 Å². The van der Waals surface area contributed by atoms with Crippen molar-refractivity contribution in [2.75, 3.05) is 19.7 Å². The van der Waals surface area contributed by atoms with Crippen LogP contribution in [0.1, 0.15) is 71.4 Å². The van der Waals surface area contributed by atoms with E-state index in [1.165, 1.54) is 11.1 Å². The molecule has 1 aromatic rings. The zero-order valence-corrected chi connectivity index (χ0v) is 16.2. The Morgan fingerprint density at radius 2 is 2.04 bits per heavy atom. The first-order chi connectivity index (χ1) is 11.2. The van der Waals surface area contributed by atoms with Crippen molar-refractivity contribution < 1.29 is 9.53 Å². The van der Waals surface area contributed by atoms with E-state index in [0.29, 0.717) is 12.5 Å². The molecule has 1 saturated heterocycles. The molecule has 0 aromatic heterocycles. The Hall–Kier alpha value is -1.35. The standard InChI is InChI=1S/C21H33NO2/c1-15(2)17-9-10-18(21(4,5)6)20(14-17)24-13-12-22-11-7-8-19(22)16(3)23/h9-10,14-15,19H,7-8,11-13H2,1-6H3/t19-/m0/s1. The Labute approximate surface area is 147 Å². The zero-order valence-electron chi connectivity index (χ0n) is 16.2. The number of hydrogen-bond acceptors (Lipinski definition) is 3. The molecule has 1 fully saturated rings. The maximum Gasteiger partial charge on any atom is 0.146 e. The van der Waals surface area contributed by atoms with Crippen LogP contribution >= 0.6 is 0 Å². The van der Waals surface area contributed by atoms with Gasteiger partial charge in [0.25, 0.3) is 0 Å². The van der Waals surface area contributed by atoms with E-state index in [9.17, 15) is 4.79 Å². The molecular formula is C21H33NO2. The van der Waals surface area contributed by atoms with Crippen LogP contribution in [0.15, 0.2) is 18.2 Å². The van der Waals surface area contributed by atoms with Gasteiger partial charge in [-0.2, -0.15) is 0 Å². The molecule has 0 bridgehead atoms. The molecule has 1 aromatic carbocycles. The quantitative estimate of drug-likeness (QED) is 0.766. The molecule has 0 amide bonds. The summed E-state index contributed by atoms with van der Waals surface area (Å²) in [7, 11) is 0. The van der Waals surface area contributed by atoms with Gasteiger partial charge in [-0.25, -0.2) is 0 Å². The molecule has 3 nitrogen and oxygen atoms in total. The number of carbonyl (C=O) groups is 1. The summed E-state index contributed by atoms with van der Waals surface area (Å²) in [5, 5.41) is 0. The number of hydrogen-bond donors (Lipinski definition) is 0. The maximum atomic E-state index is 11.7. The number of ketones is 1. The highest BCUT2D eigenvalue weighted by atomic mass is 16.5. The SMILES string of the molecule is CC(=O)[C@@H]1CCCN1CCOc1cc(C(C)C)ccc1C(C)(C)C. The molecule has 3 heteroatoms. The van der Waals surface area contributed by atoms with Crippen molar-refractivity contribution in [3.8, 4) is 5.75 Å². The Morgan fingerprint density at radius 1 is 1.33 bits per heavy atom. The van der Waals surface area contributed by atoms with Crippen molar-refractivity contribution in [3.05, 3.63) is 29.3 Å². The van der Waals surface area contributed by atoms with Crippen LogP contribution in [0.2, 0.25) is 0 Å². The molecular weight excluding hydrogens is 298 g/mol. The molecule has 0 radical (unpaired) electrons. The zero-order chi connectivity index (χ0) is 17.9. The molecule has 0 unspecified atom stereocenters. The summed E-state index contributed by atoms with van der Waals surface area (Å²) in [5.41, 5.74) is 2.61. The van der Waals surface area contributed by atoms with E-state index in [-0.39, 0.29) is 17.2 Å².